The first-order valence-corrected chi connectivity index (χ1v) is 11.0. The largest absolute Gasteiger partial charge is 0.458 e. The number of fused-ring (bicyclic) bond motifs is 1. The van der Waals surface area contributed by atoms with Crippen molar-refractivity contribution in [3.63, 3.8) is 0 Å². The molecule has 1 saturated heterocycles. The van der Waals surface area contributed by atoms with Gasteiger partial charge in [0.2, 0.25) is 0 Å². The topological polar surface area (TPSA) is 102 Å². The zero-order chi connectivity index (χ0) is 22.6. The summed E-state index contributed by atoms with van der Waals surface area (Å²) in [6, 6.07) is 8.55. The lowest BCUT2D eigenvalue weighted by molar-refractivity contribution is -0.284. The van der Waals surface area contributed by atoms with Crippen LogP contribution in [0.15, 0.2) is 30.3 Å². The van der Waals surface area contributed by atoms with Crippen LogP contribution in [0.2, 0.25) is 0 Å². The lowest BCUT2D eigenvalue weighted by Crippen LogP contribution is -2.73. The molecule has 0 amide bonds. The van der Waals surface area contributed by atoms with Gasteiger partial charge in [-0.3, -0.25) is 4.79 Å². The summed E-state index contributed by atoms with van der Waals surface area (Å²) in [6.07, 6.45) is -1.20. The van der Waals surface area contributed by atoms with Gasteiger partial charge in [0.25, 0.3) is 0 Å². The molecule has 31 heavy (non-hydrogen) atoms. The molecule has 1 spiro atoms. The van der Waals surface area contributed by atoms with Crippen molar-refractivity contribution in [3.8, 4) is 0 Å². The smallest absolute Gasteiger partial charge is 0.338 e. The van der Waals surface area contributed by atoms with Crippen molar-refractivity contribution >= 4 is 11.9 Å². The maximum atomic E-state index is 13.1. The third-order valence-electron chi connectivity index (χ3n) is 7.92. The van der Waals surface area contributed by atoms with Crippen molar-refractivity contribution in [2.75, 3.05) is 6.61 Å². The van der Waals surface area contributed by atoms with Crippen LogP contribution in [-0.4, -0.2) is 58.3 Å². The van der Waals surface area contributed by atoms with Gasteiger partial charge in [-0.05, 0) is 51.2 Å². The number of aliphatic hydroxyl groups excluding tert-OH is 2. The lowest BCUT2D eigenvalue weighted by atomic mass is 9.49. The molecule has 4 rings (SSSR count). The van der Waals surface area contributed by atoms with Crippen LogP contribution in [0.5, 0.6) is 0 Å². The molecule has 0 aromatic heterocycles. The molecule has 1 aromatic carbocycles. The highest BCUT2D eigenvalue weighted by Gasteiger charge is 2.77. The molecule has 3 aliphatic rings. The number of ether oxygens (including phenoxy) is 3. The summed E-state index contributed by atoms with van der Waals surface area (Å²) < 4.78 is 18.4. The van der Waals surface area contributed by atoms with Gasteiger partial charge >= 0.3 is 11.9 Å². The number of carbonyl (C=O) groups is 2. The fraction of sp³-hybridized carbons (Fsp3) is 0.667. The number of hydrogen-bond acceptors (Lipinski definition) is 7. The van der Waals surface area contributed by atoms with Gasteiger partial charge in [-0.25, -0.2) is 4.79 Å². The van der Waals surface area contributed by atoms with E-state index in [1.54, 1.807) is 30.3 Å². The van der Waals surface area contributed by atoms with Crippen LogP contribution >= 0.6 is 0 Å². The molecule has 1 aliphatic heterocycles. The van der Waals surface area contributed by atoms with Crippen LogP contribution in [0.3, 0.4) is 0 Å². The van der Waals surface area contributed by atoms with E-state index < -0.39 is 53.5 Å². The first-order valence-electron chi connectivity index (χ1n) is 11.0. The zero-order valence-corrected chi connectivity index (χ0v) is 18.5. The zero-order valence-electron chi connectivity index (χ0n) is 18.5. The first-order chi connectivity index (χ1) is 14.6. The Morgan fingerprint density at radius 3 is 2.45 bits per heavy atom. The Balaban J connectivity index is 1.86. The summed E-state index contributed by atoms with van der Waals surface area (Å²) in [7, 11) is 0. The molecule has 0 radical (unpaired) electrons. The molecule has 7 heteroatoms. The maximum absolute atomic E-state index is 13.1. The quantitative estimate of drug-likeness (QED) is 0.705. The highest BCUT2D eigenvalue weighted by Crippen LogP contribution is 2.66. The summed E-state index contributed by atoms with van der Waals surface area (Å²) >= 11 is 0. The van der Waals surface area contributed by atoms with Gasteiger partial charge in [0.1, 0.15) is 6.10 Å². The molecule has 3 fully saturated rings. The summed E-state index contributed by atoms with van der Waals surface area (Å²) in [5.74, 6) is -1.33. The molecule has 7 nitrogen and oxygen atoms in total. The Morgan fingerprint density at radius 1 is 1.16 bits per heavy atom. The second-order valence-corrected chi connectivity index (χ2v) is 9.86. The van der Waals surface area contributed by atoms with E-state index in [2.05, 4.69) is 6.92 Å². The van der Waals surface area contributed by atoms with Crippen LogP contribution < -0.4 is 0 Å². The number of hydrogen-bond donors (Lipinski definition) is 2. The molecule has 7 atom stereocenters. The molecule has 2 aliphatic carbocycles. The van der Waals surface area contributed by atoms with Gasteiger partial charge in [0, 0.05) is 12.8 Å². The molecular weight excluding hydrogens is 400 g/mol. The van der Waals surface area contributed by atoms with Crippen LogP contribution in [0.25, 0.3) is 0 Å². The predicted molar refractivity (Wildman–Crippen MR) is 111 cm³/mol. The molecule has 1 heterocycles. The Labute approximate surface area is 182 Å². The van der Waals surface area contributed by atoms with Crippen molar-refractivity contribution in [2.24, 2.45) is 17.3 Å². The van der Waals surface area contributed by atoms with E-state index >= 15 is 0 Å². The van der Waals surface area contributed by atoms with E-state index in [9.17, 15) is 19.8 Å². The van der Waals surface area contributed by atoms with Gasteiger partial charge < -0.3 is 24.4 Å². The van der Waals surface area contributed by atoms with E-state index in [1.165, 1.54) is 6.92 Å². The van der Waals surface area contributed by atoms with Crippen LogP contribution in [-0.2, 0) is 19.0 Å². The average Bonchev–Trinajstić information content (AvgIpc) is 2.98. The average molecular weight is 433 g/mol. The number of carbonyl (C=O) groups excluding carboxylic acids is 2. The highest BCUT2D eigenvalue weighted by atomic mass is 16.6. The van der Waals surface area contributed by atoms with Crippen LogP contribution in [0, 0.1) is 17.3 Å². The minimum atomic E-state index is -1.31. The van der Waals surface area contributed by atoms with Crippen molar-refractivity contribution in [1.29, 1.82) is 0 Å². The molecule has 0 unspecified atom stereocenters. The Bertz CT molecular complexity index is 853. The Kier molecular flexibility index (Phi) is 5.43. The second-order valence-electron chi connectivity index (χ2n) is 9.86. The molecule has 170 valence electrons. The van der Waals surface area contributed by atoms with E-state index in [1.807, 2.05) is 13.8 Å². The van der Waals surface area contributed by atoms with Gasteiger partial charge in [0.05, 0.1) is 34.9 Å². The highest BCUT2D eigenvalue weighted by molar-refractivity contribution is 5.89. The van der Waals surface area contributed by atoms with E-state index in [0.29, 0.717) is 18.4 Å². The summed E-state index contributed by atoms with van der Waals surface area (Å²) in [5.41, 5.74) is -2.55. The monoisotopic (exact) mass is 432 g/mol. The standard InChI is InChI=1S/C24H32O7/c1-14-10-11-18(27)23(13-25)20(30-21(28)16-8-6-5-7-9-16)19(29-15(2)26)17-12-24(14,23)31-22(17,3)4/h5-9,14,17-20,25,27H,10-13H2,1-4H3/t14-,17-,18-,19-,20+,23-,24-/m1/s1. The van der Waals surface area contributed by atoms with Gasteiger partial charge in [-0.15, -0.1) is 0 Å². The molecule has 2 saturated carbocycles. The van der Waals surface area contributed by atoms with Crippen LogP contribution in [0.4, 0.5) is 0 Å². The summed E-state index contributed by atoms with van der Waals surface area (Å²) in [6.45, 7) is 6.77. The molecule has 2 bridgehead atoms. The Morgan fingerprint density at radius 2 is 1.84 bits per heavy atom. The summed E-state index contributed by atoms with van der Waals surface area (Å²) in [4.78, 5) is 25.2. The summed E-state index contributed by atoms with van der Waals surface area (Å²) in [5, 5.41) is 22.1. The number of aliphatic hydroxyl groups is 2. The number of benzene rings is 1. The normalized spacial score (nSPS) is 40.6. The fourth-order valence-electron chi connectivity index (χ4n) is 6.43. The van der Waals surface area contributed by atoms with E-state index in [4.69, 9.17) is 14.2 Å². The first kappa shape index (κ1) is 22.2. The Hall–Kier alpha value is -1.96. The van der Waals surface area contributed by atoms with Crippen molar-refractivity contribution in [2.45, 2.75) is 76.5 Å². The fourth-order valence-corrected chi connectivity index (χ4v) is 6.43. The van der Waals surface area contributed by atoms with E-state index in [-0.39, 0.29) is 11.8 Å². The van der Waals surface area contributed by atoms with Gasteiger partial charge in [0.15, 0.2) is 6.10 Å². The molecule has 2 N–H and O–H groups in total. The van der Waals surface area contributed by atoms with Crippen molar-refractivity contribution in [1.82, 2.24) is 0 Å². The second kappa shape index (κ2) is 7.57. The van der Waals surface area contributed by atoms with Gasteiger partial charge in [-0.1, -0.05) is 25.1 Å². The minimum absolute atomic E-state index is 0.0172. The number of esters is 2. The van der Waals surface area contributed by atoms with Crippen molar-refractivity contribution < 1.29 is 34.0 Å². The third kappa shape index (κ3) is 3.12. The SMILES string of the molecule is CC(=O)O[C@@H]1[C@H]2C[C@@]3(OC2(C)C)[C@H](C)CC[C@@H](O)[C@]3(CO)[C@H]1OC(=O)c1ccccc1. The van der Waals surface area contributed by atoms with Crippen LogP contribution in [0.1, 0.15) is 57.3 Å². The van der Waals surface area contributed by atoms with E-state index in [0.717, 1.165) is 6.42 Å². The lowest BCUT2D eigenvalue weighted by Gasteiger charge is -2.61. The maximum Gasteiger partial charge on any atom is 0.338 e. The number of rotatable bonds is 4. The van der Waals surface area contributed by atoms with Crippen molar-refractivity contribution in [3.05, 3.63) is 35.9 Å². The molecule has 1 aromatic rings. The van der Waals surface area contributed by atoms with Gasteiger partial charge in [-0.2, -0.15) is 0 Å². The minimum Gasteiger partial charge on any atom is -0.458 e. The third-order valence-corrected chi connectivity index (χ3v) is 7.92. The molecular formula is C24H32O7. The predicted octanol–water partition coefficient (Wildman–Crippen LogP) is 2.48.